The summed E-state index contributed by atoms with van der Waals surface area (Å²) in [6.45, 7) is 2.92. The first-order chi connectivity index (χ1) is 21.2. The molecule has 0 aliphatic carbocycles. The summed E-state index contributed by atoms with van der Waals surface area (Å²) >= 11 is 0. The lowest BCUT2D eigenvalue weighted by Crippen LogP contribution is -2.81. The van der Waals surface area contributed by atoms with Gasteiger partial charge in [0.1, 0.15) is 52.7 Å². The van der Waals surface area contributed by atoms with Gasteiger partial charge in [-0.2, -0.15) is 0 Å². The molecule has 4 rings (SSSR count). The Balaban J connectivity index is 2.70. The summed E-state index contributed by atoms with van der Waals surface area (Å²) in [5.41, 5.74) is -16.9. The average molecular weight is 683 g/mol. The minimum atomic E-state index is -6.92. The van der Waals surface area contributed by atoms with E-state index in [1.165, 1.54) is 0 Å². The van der Waals surface area contributed by atoms with E-state index in [0.717, 1.165) is 0 Å². The van der Waals surface area contributed by atoms with Gasteiger partial charge in [-0.15, -0.1) is 21.9 Å². The van der Waals surface area contributed by atoms with Gasteiger partial charge < -0.3 is 0 Å². The fourth-order valence-electron chi connectivity index (χ4n) is 5.23. The molecular weight excluding hydrogens is 677 g/mol. The van der Waals surface area contributed by atoms with Crippen molar-refractivity contribution in [3.8, 4) is 0 Å². The van der Waals surface area contributed by atoms with E-state index in [1.54, 1.807) is 0 Å². The van der Waals surface area contributed by atoms with E-state index in [4.69, 9.17) is 0 Å². The van der Waals surface area contributed by atoms with E-state index in [2.05, 4.69) is 6.58 Å². The molecule has 0 nitrogen and oxygen atoms in total. The van der Waals surface area contributed by atoms with Crippen molar-refractivity contribution >= 4 is 34.1 Å². The Morgan fingerprint density at radius 3 is 0.761 bits per heavy atom. The average Bonchev–Trinajstić information content (AvgIpc) is 3.02. The zero-order chi connectivity index (χ0) is 35.1. The SMILES string of the molecule is C=Cc1c(F)c(F)c([B-](c2c(F)c(F)c(C)c(F)c2F)(c2c(F)c(F)c(F)c(F)c2F)c2c(F)c(F)c(F)c(F)c2F)c(F)c1F. The van der Waals surface area contributed by atoms with Crippen LogP contribution < -0.4 is 21.9 Å². The van der Waals surface area contributed by atoms with Gasteiger partial charge in [0.25, 0.3) is 0 Å². The third-order valence-electron chi connectivity index (χ3n) is 7.27. The zero-order valence-corrected chi connectivity index (χ0v) is 21.7. The van der Waals surface area contributed by atoms with E-state index < -0.39 is 144 Å². The summed E-state index contributed by atoms with van der Waals surface area (Å²) in [4.78, 5) is 0. The highest BCUT2D eigenvalue weighted by molar-refractivity contribution is 7.20. The third-order valence-corrected chi connectivity index (χ3v) is 7.27. The van der Waals surface area contributed by atoms with Crippen molar-refractivity contribution in [1.29, 1.82) is 0 Å². The van der Waals surface area contributed by atoms with Gasteiger partial charge in [0, 0.05) is 5.56 Å². The molecule has 0 saturated heterocycles. The Kier molecular flexibility index (Phi) is 8.46. The second kappa shape index (κ2) is 11.3. The molecule has 0 unspecified atom stereocenters. The van der Waals surface area contributed by atoms with Gasteiger partial charge in [-0.1, -0.05) is 12.7 Å². The van der Waals surface area contributed by atoms with Crippen LogP contribution in [-0.4, -0.2) is 6.15 Å². The van der Waals surface area contributed by atoms with Gasteiger partial charge in [0.2, 0.25) is 0 Å². The molecule has 0 amide bonds. The molecule has 0 bridgehead atoms. The number of benzene rings is 4. The number of hydrogen-bond acceptors (Lipinski definition) is 0. The Labute approximate surface area is 243 Å². The summed E-state index contributed by atoms with van der Waals surface area (Å²) in [6.07, 6.45) is -6.98. The molecule has 0 aliphatic heterocycles. The number of halogens is 18. The van der Waals surface area contributed by atoms with Crippen LogP contribution >= 0.6 is 0 Å². The molecule has 19 heteroatoms. The molecular formula is C27H6BF18-. The highest BCUT2D eigenvalue weighted by Crippen LogP contribution is 2.31. The van der Waals surface area contributed by atoms with Gasteiger partial charge in [0.15, 0.2) is 58.2 Å². The first-order valence-corrected chi connectivity index (χ1v) is 11.8. The third kappa shape index (κ3) is 4.22. The fraction of sp³-hybridized carbons (Fsp3) is 0.0370. The fourth-order valence-corrected chi connectivity index (χ4v) is 5.23. The van der Waals surface area contributed by atoms with E-state index >= 15 is 43.9 Å². The summed E-state index contributed by atoms with van der Waals surface area (Å²) in [5, 5.41) is 0. The van der Waals surface area contributed by atoms with E-state index in [1.807, 2.05) is 0 Å². The molecule has 4 aromatic rings. The van der Waals surface area contributed by atoms with Gasteiger partial charge in [0.05, 0.1) is 5.56 Å². The first kappa shape index (κ1) is 34.3. The molecule has 4 aromatic carbocycles. The normalized spacial score (nSPS) is 11.9. The van der Waals surface area contributed by atoms with Crippen LogP contribution in [0.3, 0.4) is 0 Å². The van der Waals surface area contributed by atoms with Crippen molar-refractivity contribution in [3.05, 3.63) is 122 Å². The minimum Gasteiger partial charge on any atom is -0.207 e. The van der Waals surface area contributed by atoms with Crippen LogP contribution in [0.4, 0.5) is 79.0 Å². The van der Waals surface area contributed by atoms with Crippen molar-refractivity contribution in [3.63, 3.8) is 0 Å². The van der Waals surface area contributed by atoms with Gasteiger partial charge in [-0.05, 0) is 6.92 Å². The predicted molar refractivity (Wildman–Crippen MR) is 124 cm³/mol. The Hall–Kier alpha value is -4.58. The van der Waals surface area contributed by atoms with Gasteiger partial charge in [-0.25, -0.2) is 79.0 Å². The smallest absolute Gasteiger partial charge is 0.200 e. The van der Waals surface area contributed by atoms with E-state index in [0.29, 0.717) is 0 Å². The van der Waals surface area contributed by atoms with Gasteiger partial charge in [-0.3, -0.25) is 0 Å². The summed E-state index contributed by atoms with van der Waals surface area (Å²) in [5.74, 6) is -58.8. The molecule has 0 fully saturated rings. The van der Waals surface area contributed by atoms with Crippen LogP contribution in [0.25, 0.3) is 6.08 Å². The van der Waals surface area contributed by atoms with Crippen LogP contribution in [0.15, 0.2) is 6.58 Å². The van der Waals surface area contributed by atoms with Crippen LogP contribution in [0, 0.1) is 112 Å². The lowest BCUT2D eigenvalue weighted by molar-refractivity contribution is 0.381. The lowest BCUT2D eigenvalue weighted by Gasteiger charge is -2.45. The van der Waals surface area contributed by atoms with Crippen LogP contribution in [0.2, 0.25) is 0 Å². The molecule has 0 N–H and O–H groups in total. The molecule has 0 atom stereocenters. The maximum Gasteiger partial charge on any atom is 0.200 e. The van der Waals surface area contributed by atoms with E-state index in [-0.39, 0.29) is 13.0 Å². The lowest BCUT2D eigenvalue weighted by atomic mass is 9.12. The standard InChI is InChI=1S/C27H6BF18/c1-3-5-12(31)16(35)7(17(36)13(5)32)28(6-14(33)10(29)4(2)11(30)15(6)34,8-18(37)22(41)26(45)23(42)19(8)38)9-20(39)24(43)27(46)25(44)21(9)40/h3H,1H2,2H3/q-1. The second-order valence-corrected chi connectivity index (χ2v) is 9.42. The van der Waals surface area contributed by atoms with Crippen LogP contribution in [0.1, 0.15) is 11.1 Å². The minimum absolute atomic E-state index is 0.0571. The Bertz CT molecular complexity index is 1730. The number of rotatable bonds is 5. The second-order valence-electron chi connectivity index (χ2n) is 9.42. The van der Waals surface area contributed by atoms with E-state index in [9.17, 15) is 35.1 Å². The molecule has 0 heterocycles. The highest BCUT2D eigenvalue weighted by atomic mass is 19.2. The maximum absolute atomic E-state index is 15.8. The zero-order valence-electron chi connectivity index (χ0n) is 21.7. The molecule has 0 radical (unpaired) electrons. The van der Waals surface area contributed by atoms with Crippen molar-refractivity contribution < 1.29 is 79.0 Å². The van der Waals surface area contributed by atoms with Crippen molar-refractivity contribution in [1.82, 2.24) is 0 Å². The van der Waals surface area contributed by atoms with Gasteiger partial charge >= 0.3 is 0 Å². The molecule has 0 aromatic heterocycles. The van der Waals surface area contributed by atoms with Crippen LogP contribution in [0.5, 0.6) is 0 Å². The van der Waals surface area contributed by atoms with Crippen molar-refractivity contribution in [2.24, 2.45) is 0 Å². The molecule has 0 spiro atoms. The largest absolute Gasteiger partial charge is 0.207 e. The highest BCUT2D eigenvalue weighted by Gasteiger charge is 2.52. The van der Waals surface area contributed by atoms with Crippen LogP contribution in [-0.2, 0) is 0 Å². The van der Waals surface area contributed by atoms with Crippen molar-refractivity contribution in [2.45, 2.75) is 6.92 Å². The maximum atomic E-state index is 15.8. The molecule has 0 aliphatic rings. The molecule has 244 valence electrons. The topological polar surface area (TPSA) is 0 Å². The summed E-state index contributed by atoms with van der Waals surface area (Å²) in [6, 6.07) is 0. The summed E-state index contributed by atoms with van der Waals surface area (Å²) in [7, 11) is 0. The Morgan fingerprint density at radius 1 is 0.326 bits per heavy atom. The van der Waals surface area contributed by atoms with Crippen molar-refractivity contribution in [2.75, 3.05) is 0 Å². The molecule has 46 heavy (non-hydrogen) atoms. The molecule has 0 saturated carbocycles. The number of hydrogen-bond donors (Lipinski definition) is 0. The first-order valence-electron chi connectivity index (χ1n) is 11.8. The quantitative estimate of drug-likeness (QED) is 0.0974. The monoisotopic (exact) mass is 683 g/mol. The predicted octanol–water partition coefficient (Wildman–Crippen LogP) is 6.52. The Morgan fingerprint density at radius 2 is 0.522 bits per heavy atom. The summed E-state index contributed by atoms with van der Waals surface area (Å²) < 4.78 is 272.